The molecule has 0 spiro atoms. The van der Waals surface area contributed by atoms with Crippen molar-refractivity contribution < 1.29 is 8.42 Å². The molecule has 0 aliphatic carbocycles. The zero-order chi connectivity index (χ0) is 15.6. The van der Waals surface area contributed by atoms with E-state index in [9.17, 15) is 8.42 Å². The second-order valence-corrected chi connectivity index (χ2v) is 7.71. The van der Waals surface area contributed by atoms with Gasteiger partial charge in [0.1, 0.15) is 4.90 Å². The lowest BCUT2D eigenvalue weighted by Crippen LogP contribution is -2.14. The molecule has 0 amide bonds. The average Bonchev–Trinajstić information content (AvgIpc) is 2.36. The van der Waals surface area contributed by atoms with Gasteiger partial charge in [-0.1, -0.05) is 58.2 Å². The highest BCUT2D eigenvalue weighted by molar-refractivity contribution is 9.10. The first-order valence-electron chi connectivity index (χ1n) is 6.10. The van der Waals surface area contributed by atoms with Gasteiger partial charge in [0.15, 0.2) is 0 Å². The van der Waals surface area contributed by atoms with E-state index in [1.165, 1.54) is 12.1 Å². The molecular weight excluding hydrogens is 397 g/mol. The first kappa shape index (κ1) is 16.6. The van der Waals surface area contributed by atoms with E-state index >= 15 is 0 Å². The minimum Gasteiger partial charge on any atom is -0.280 e. The van der Waals surface area contributed by atoms with Crippen LogP contribution in [0.25, 0.3) is 0 Å². The summed E-state index contributed by atoms with van der Waals surface area (Å²) >= 11 is 15.2. The summed E-state index contributed by atoms with van der Waals surface area (Å²) in [6.07, 6.45) is 0.815. The Labute approximate surface area is 142 Å². The molecule has 3 nitrogen and oxygen atoms in total. The average molecular weight is 409 g/mol. The third kappa shape index (κ3) is 3.92. The predicted molar refractivity (Wildman–Crippen MR) is 90.8 cm³/mol. The van der Waals surface area contributed by atoms with Crippen LogP contribution in [0.2, 0.25) is 10.0 Å². The van der Waals surface area contributed by atoms with E-state index in [0.717, 1.165) is 12.0 Å². The van der Waals surface area contributed by atoms with Crippen LogP contribution in [0.4, 0.5) is 5.69 Å². The van der Waals surface area contributed by atoms with Gasteiger partial charge in [-0.2, -0.15) is 0 Å². The normalized spacial score (nSPS) is 11.4. The lowest BCUT2D eigenvalue weighted by Gasteiger charge is -2.12. The molecule has 0 saturated carbocycles. The van der Waals surface area contributed by atoms with Crippen molar-refractivity contribution in [2.45, 2.75) is 18.2 Å². The molecule has 0 bridgehead atoms. The Hall–Kier alpha value is -0.750. The maximum atomic E-state index is 12.5. The molecule has 0 aromatic heterocycles. The number of hydrogen-bond donors (Lipinski definition) is 1. The number of aryl methyl sites for hydroxylation is 1. The van der Waals surface area contributed by atoms with Gasteiger partial charge in [0, 0.05) is 10.2 Å². The Balaban J connectivity index is 2.43. The van der Waals surface area contributed by atoms with Crippen LogP contribution < -0.4 is 4.72 Å². The standard InChI is InChI=1S/C14H12BrCl2NO2S/c1-2-9-4-3-5-11(6-9)18-21(19,20)14-12(16)7-10(15)8-13(14)17/h3-8,18H,2H2,1H3. The Bertz CT molecular complexity index is 755. The predicted octanol–water partition coefficient (Wildman–Crippen LogP) is 5.12. The minimum absolute atomic E-state index is 0.0634. The Morgan fingerprint density at radius 2 is 1.76 bits per heavy atom. The summed E-state index contributed by atoms with van der Waals surface area (Å²) in [6.45, 7) is 2.00. The van der Waals surface area contributed by atoms with Gasteiger partial charge in [-0.15, -0.1) is 0 Å². The summed E-state index contributed by atoms with van der Waals surface area (Å²) in [5.74, 6) is 0. The number of halogens is 3. The van der Waals surface area contributed by atoms with Crippen molar-refractivity contribution in [2.24, 2.45) is 0 Å². The van der Waals surface area contributed by atoms with E-state index in [2.05, 4.69) is 20.7 Å². The van der Waals surface area contributed by atoms with E-state index in [4.69, 9.17) is 23.2 Å². The van der Waals surface area contributed by atoms with Crippen LogP contribution in [0.15, 0.2) is 45.8 Å². The Kier molecular flexibility index (Phi) is 5.20. The zero-order valence-corrected chi connectivity index (χ0v) is 14.9. The lowest BCUT2D eigenvalue weighted by atomic mass is 10.1. The summed E-state index contributed by atoms with van der Waals surface area (Å²) in [5, 5.41) is 0.127. The van der Waals surface area contributed by atoms with Crippen molar-refractivity contribution in [2.75, 3.05) is 4.72 Å². The SMILES string of the molecule is CCc1cccc(NS(=O)(=O)c2c(Cl)cc(Br)cc2Cl)c1. The highest BCUT2D eigenvalue weighted by atomic mass is 79.9. The fourth-order valence-electron chi connectivity index (χ4n) is 1.85. The number of nitrogens with one attached hydrogen (secondary N) is 1. The van der Waals surface area contributed by atoms with Crippen molar-refractivity contribution in [3.05, 3.63) is 56.5 Å². The molecule has 0 aliphatic rings. The number of rotatable bonds is 4. The van der Waals surface area contributed by atoms with Crippen LogP contribution in [-0.4, -0.2) is 8.42 Å². The third-order valence-corrected chi connectivity index (χ3v) is 5.58. The molecule has 0 unspecified atom stereocenters. The highest BCUT2D eigenvalue weighted by Crippen LogP contribution is 2.33. The van der Waals surface area contributed by atoms with Crippen molar-refractivity contribution in [3.63, 3.8) is 0 Å². The van der Waals surface area contributed by atoms with Gasteiger partial charge in [-0.3, -0.25) is 4.72 Å². The molecule has 2 aromatic rings. The van der Waals surface area contributed by atoms with E-state index < -0.39 is 10.0 Å². The van der Waals surface area contributed by atoms with Crippen LogP contribution in [-0.2, 0) is 16.4 Å². The maximum Gasteiger partial charge on any atom is 0.264 e. The highest BCUT2D eigenvalue weighted by Gasteiger charge is 2.22. The summed E-state index contributed by atoms with van der Waals surface area (Å²) in [7, 11) is -3.85. The number of sulfonamides is 1. The van der Waals surface area contributed by atoms with E-state index in [0.29, 0.717) is 10.2 Å². The van der Waals surface area contributed by atoms with E-state index in [-0.39, 0.29) is 14.9 Å². The fraction of sp³-hybridized carbons (Fsp3) is 0.143. The fourth-order valence-corrected chi connectivity index (χ4v) is 4.84. The smallest absolute Gasteiger partial charge is 0.264 e. The van der Waals surface area contributed by atoms with Crippen LogP contribution in [0.3, 0.4) is 0 Å². The van der Waals surface area contributed by atoms with Crippen LogP contribution >= 0.6 is 39.1 Å². The molecule has 0 fully saturated rings. The van der Waals surface area contributed by atoms with Crippen LogP contribution in [0.1, 0.15) is 12.5 Å². The topological polar surface area (TPSA) is 46.2 Å². The van der Waals surface area contributed by atoms with Crippen molar-refractivity contribution in [1.82, 2.24) is 0 Å². The quantitative estimate of drug-likeness (QED) is 0.762. The summed E-state index contributed by atoms with van der Waals surface area (Å²) < 4.78 is 28.0. The van der Waals surface area contributed by atoms with Gasteiger partial charge >= 0.3 is 0 Å². The summed E-state index contributed by atoms with van der Waals surface area (Å²) in [4.78, 5) is -0.129. The molecular formula is C14H12BrCl2NO2S. The first-order chi connectivity index (χ1) is 9.83. The van der Waals surface area contributed by atoms with Crippen LogP contribution in [0, 0.1) is 0 Å². The molecule has 21 heavy (non-hydrogen) atoms. The van der Waals surface area contributed by atoms with Gasteiger partial charge in [-0.05, 0) is 36.2 Å². The molecule has 0 heterocycles. The molecule has 0 aliphatic heterocycles. The van der Waals surface area contributed by atoms with Crippen molar-refractivity contribution in [3.8, 4) is 0 Å². The lowest BCUT2D eigenvalue weighted by molar-refractivity contribution is 0.601. The van der Waals surface area contributed by atoms with Gasteiger partial charge in [-0.25, -0.2) is 8.42 Å². The largest absolute Gasteiger partial charge is 0.280 e. The van der Waals surface area contributed by atoms with Crippen LogP contribution in [0.5, 0.6) is 0 Å². The van der Waals surface area contributed by atoms with Gasteiger partial charge in [0.25, 0.3) is 10.0 Å². The summed E-state index contributed by atoms with van der Waals surface area (Å²) in [6, 6.07) is 10.2. The maximum absolute atomic E-state index is 12.5. The van der Waals surface area contributed by atoms with Gasteiger partial charge in [0.05, 0.1) is 10.0 Å². The molecule has 0 atom stereocenters. The molecule has 2 aromatic carbocycles. The van der Waals surface area contributed by atoms with Crippen molar-refractivity contribution >= 4 is 54.8 Å². The zero-order valence-electron chi connectivity index (χ0n) is 11.0. The molecule has 1 N–H and O–H groups in total. The Morgan fingerprint density at radius 1 is 1.14 bits per heavy atom. The Morgan fingerprint density at radius 3 is 2.33 bits per heavy atom. The molecule has 2 rings (SSSR count). The van der Waals surface area contributed by atoms with E-state index in [1.807, 2.05) is 13.0 Å². The van der Waals surface area contributed by atoms with Crippen molar-refractivity contribution in [1.29, 1.82) is 0 Å². The molecule has 112 valence electrons. The minimum atomic E-state index is -3.85. The molecule has 7 heteroatoms. The number of hydrogen-bond acceptors (Lipinski definition) is 2. The third-order valence-electron chi connectivity index (χ3n) is 2.82. The molecule has 0 radical (unpaired) electrons. The van der Waals surface area contributed by atoms with E-state index in [1.54, 1.807) is 18.2 Å². The van der Waals surface area contributed by atoms with Gasteiger partial charge < -0.3 is 0 Å². The second-order valence-electron chi connectivity index (χ2n) is 4.36. The number of anilines is 1. The first-order valence-corrected chi connectivity index (χ1v) is 9.13. The van der Waals surface area contributed by atoms with Gasteiger partial charge in [0.2, 0.25) is 0 Å². The second kappa shape index (κ2) is 6.57. The molecule has 0 saturated heterocycles. The summed E-state index contributed by atoms with van der Waals surface area (Å²) in [5.41, 5.74) is 1.51. The number of benzene rings is 2. The monoisotopic (exact) mass is 407 g/mol.